The summed E-state index contributed by atoms with van der Waals surface area (Å²) in [5.74, 6) is 0. The van der Waals surface area contributed by atoms with Crippen LogP contribution in [0.3, 0.4) is 0 Å². The van der Waals surface area contributed by atoms with Crippen LogP contribution in [0.5, 0.6) is 0 Å². The van der Waals surface area contributed by atoms with E-state index < -0.39 is 0 Å². The van der Waals surface area contributed by atoms with Crippen molar-refractivity contribution in [3.63, 3.8) is 0 Å². The van der Waals surface area contributed by atoms with Gasteiger partial charge in [0.05, 0.1) is 12.2 Å². The first-order valence-corrected chi connectivity index (χ1v) is 6.49. The minimum Gasteiger partial charge on any atom is -0.301 e. The molecule has 1 aliphatic rings. The second-order valence-corrected chi connectivity index (χ2v) is 4.21. The molecule has 0 spiro atoms. The Labute approximate surface area is 99.4 Å². The molecule has 3 nitrogen and oxygen atoms in total. The number of likely N-dealkylation sites (tertiary alicyclic amines) is 1. The highest BCUT2D eigenvalue weighted by molar-refractivity contribution is 5.12. The van der Waals surface area contributed by atoms with Gasteiger partial charge in [-0.15, -0.1) is 0 Å². The highest BCUT2D eigenvalue weighted by Gasteiger charge is 2.11. The second kappa shape index (κ2) is 6.69. The van der Waals surface area contributed by atoms with Gasteiger partial charge >= 0.3 is 0 Å². The zero-order valence-electron chi connectivity index (χ0n) is 11.2. The van der Waals surface area contributed by atoms with Gasteiger partial charge in [0.1, 0.15) is 0 Å². The van der Waals surface area contributed by atoms with Crippen molar-refractivity contribution in [3.05, 3.63) is 17.5 Å². The second-order valence-electron chi connectivity index (χ2n) is 4.21. The molecule has 1 aromatic heterocycles. The van der Waals surface area contributed by atoms with Crippen LogP contribution < -0.4 is 0 Å². The molecule has 0 amide bonds. The molecule has 3 heteroatoms. The highest BCUT2D eigenvalue weighted by atomic mass is 15.3. The Balaban J connectivity index is 0.000000606. The fraction of sp³-hybridized carbons (Fsp3) is 0.769. The summed E-state index contributed by atoms with van der Waals surface area (Å²) in [6.07, 6.45) is 4.89. The largest absolute Gasteiger partial charge is 0.301 e. The molecule has 0 aliphatic carbocycles. The number of nitrogens with zero attached hydrogens (tertiary/aromatic N) is 3. The number of aryl methyl sites for hydroxylation is 2. The number of hydrogen-bond acceptors (Lipinski definition) is 2. The SMILES string of the molecule is CC.Cc1cn(CCN2CCCC2)nc1C. The molecule has 0 aromatic carbocycles. The van der Waals surface area contributed by atoms with E-state index in [0.29, 0.717) is 0 Å². The van der Waals surface area contributed by atoms with Gasteiger partial charge < -0.3 is 4.90 Å². The molecular weight excluding hydrogens is 198 g/mol. The summed E-state index contributed by atoms with van der Waals surface area (Å²) >= 11 is 0. The van der Waals surface area contributed by atoms with Gasteiger partial charge in [-0.25, -0.2) is 0 Å². The standard InChI is InChI=1S/C11H19N3.C2H6/c1-10-9-14(12-11(10)2)8-7-13-5-3-4-6-13;1-2/h9H,3-8H2,1-2H3;1-2H3. The number of hydrogen-bond donors (Lipinski definition) is 0. The molecule has 0 bridgehead atoms. The first kappa shape index (κ1) is 13.2. The third-order valence-electron chi connectivity index (χ3n) is 3.04. The van der Waals surface area contributed by atoms with Crippen LogP contribution in [-0.2, 0) is 6.54 Å². The lowest BCUT2D eigenvalue weighted by molar-refractivity contribution is 0.315. The van der Waals surface area contributed by atoms with Crippen LogP contribution >= 0.6 is 0 Å². The molecule has 92 valence electrons. The van der Waals surface area contributed by atoms with Gasteiger partial charge in [0.2, 0.25) is 0 Å². The zero-order valence-corrected chi connectivity index (χ0v) is 11.2. The lowest BCUT2D eigenvalue weighted by Gasteiger charge is -2.13. The van der Waals surface area contributed by atoms with Crippen molar-refractivity contribution in [2.75, 3.05) is 19.6 Å². The molecule has 1 saturated heterocycles. The molecule has 0 N–H and O–H groups in total. The summed E-state index contributed by atoms with van der Waals surface area (Å²) in [7, 11) is 0. The summed E-state index contributed by atoms with van der Waals surface area (Å²) in [6, 6.07) is 0. The minimum atomic E-state index is 1.04. The molecule has 1 aromatic rings. The molecule has 16 heavy (non-hydrogen) atoms. The van der Waals surface area contributed by atoms with Crippen molar-refractivity contribution >= 4 is 0 Å². The van der Waals surface area contributed by atoms with Gasteiger partial charge in [0.25, 0.3) is 0 Å². The monoisotopic (exact) mass is 223 g/mol. The fourth-order valence-corrected chi connectivity index (χ4v) is 1.98. The van der Waals surface area contributed by atoms with E-state index in [4.69, 9.17) is 0 Å². The molecule has 0 radical (unpaired) electrons. The molecule has 2 heterocycles. The van der Waals surface area contributed by atoms with Crippen molar-refractivity contribution in [2.24, 2.45) is 0 Å². The number of rotatable bonds is 3. The summed E-state index contributed by atoms with van der Waals surface area (Å²) in [5, 5.41) is 4.46. The Bertz CT molecular complexity index is 279. The molecule has 0 saturated carbocycles. The molecule has 0 unspecified atom stereocenters. The van der Waals surface area contributed by atoms with Crippen LogP contribution in [0, 0.1) is 13.8 Å². The van der Waals surface area contributed by atoms with Crippen LogP contribution in [0.4, 0.5) is 0 Å². The maximum Gasteiger partial charge on any atom is 0.0622 e. The van der Waals surface area contributed by atoms with E-state index >= 15 is 0 Å². The minimum absolute atomic E-state index is 1.04. The van der Waals surface area contributed by atoms with E-state index in [9.17, 15) is 0 Å². The van der Waals surface area contributed by atoms with Gasteiger partial charge in [0, 0.05) is 12.7 Å². The van der Waals surface area contributed by atoms with Crippen molar-refractivity contribution in [1.82, 2.24) is 14.7 Å². The van der Waals surface area contributed by atoms with Gasteiger partial charge in [-0.05, 0) is 45.3 Å². The van der Waals surface area contributed by atoms with Crippen LogP contribution in [0.1, 0.15) is 37.9 Å². The van der Waals surface area contributed by atoms with Crippen molar-refractivity contribution < 1.29 is 0 Å². The van der Waals surface area contributed by atoms with Crippen molar-refractivity contribution in [1.29, 1.82) is 0 Å². The van der Waals surface area contributed by atoms with Gasteiger partial charge in [-0.1, -0.05) is 13.8 Å². The van der Waals surface area contributed by atoms with Crippen LogP contribution in [0.25, 0.3) is 0 Å². The molecular formula is C13H25N3. The summed E-state index contributed by atoms with van der Waals surface area (Å²) in [5.41, 5.74) is 2.46. The predicted molar refractivity (Wildman–Crippen MR) is 68.7 cm³/mol. The Morgan fingerprint density at radius 3 is 2.25 bits per heavy atom. The maximum atomic E-state index is 4.46. The Hall–Kier alpha value is -0.830. The van der Waals surface area contributed by atoms with E-state index in [0.717, 1.165) is 18.8 Å². The molecule has 0 atom stereocenters. The van der Waals surface area contributed by atoms with Crippen LogP contribution in [0.2, 0.25) is 0 Å². The fourth-order valence-electron chi connectivity index (χ4n) is 1.98. The zero-order chi connectivity index (χ0) is 12.0. The van der Waals surface area contributed by atoms with E-state index in [1.807, 2.05) is 13.8 Å². The summed E-state index contributed by atoms with van der Waals surface area (Å²) in [4.78, 5) is 2.52. The first-order chi connectivity index (χ1) is 7.75. The van der Waals surface area contributed by atoms with E-state index in [1.165, 1.54) is 31.5 Å². The van der Waals surface area contributed by atoms with Crippen LogP contribution in [-0.4, -0.2) is 34.3 Å². The first-order valence-electron chi connectivity index (χ1n) is 6.49. The smallest absolute Gasteiger partial charge is 0.0622 e. The molecule has 2 rings (SSSR count). The van der Waals surface area contributed by atoms with E-state index in [-0.39, 0.29) is 0 Å². The van der Waals surface area contributed by atoms with Crippen molar-refractivity contribution in [2.45, 2.75) is 47.1 Å². The molecule has 1 fully saturated rings. The Kier molecular flexibility index (Phi) is 5.53. The topological polar surface area (TPSA) is 21.1 Å². The van der Waals surface area contributed by atoms with Crippen molar-refractivity contribution in [3.8, 4) is 0 Å². The van der Waals surface area contributed by atoms with Gasteiger partial charge in [0.15, 0.2) is 0 Å². The van der Waals surface area contributed by atoms with Gasteiger partial charge in [-0.2, -0.15) is 5.10 Å². The average molecular weight is 223 g/mol. The van der Waals surface area contributed by atoms with Gasteiger partial charge in [-0.3, -0.25) is 4.68 Å². The lowest BCUT2D eigenvalue weighted by atomic mass is 10.3. The van der Waals surface area contributed by atoms with E-state index in [2.05, 4.69) is 34.7 Å². The third-order valence-corrected chi connectivity index (χ3v) is 3.04. The normalized spacial score (nSPS) is 16.0. The maximum absolute atomic E-state index is 4.46. The quantitative estimate of drug-likeness (QED) is 0.785. The highest BCUT2D eigenvalue weighted by Crippen LogP contribution is 2.08. The predicted octanol–water partition coefficient (Wildman–Crippen LogP) is 2.62. The summed E-state index contributed by atoms with van der Waals surface area (Å²) < 4.78 is 2.07. The number of aromatic nitrogens is 2. The van der Waals surface area contributed by atoms with E-state index in [1.54, 1.807) is 0 Å². The lowest BCUT2D eigenvalue weighted by Crippen LogP contribution is -2.24. The van der Waals surface area contributed by atoms with Crippen LogP contribution in [0.15, 0.2) is 6.20 Å². The third kappa shape index (κ3) is 3.63. The molecule has 1 aliphatic heterocycles. The average Bonchev–Trinajstić information content (AvgIpc) is 2.90. The Morgan fingerprint density at radius 1 is 1.12 bits per heavy atom. The summed E-state index contributed by atoms with van der Waals surface area (Å²) in [6.45, 7) is 12.9. The Morgan fingerprint density at radius 2 is 1.75 bits per heavy atom.